The Morgan fingerprint density at radius 3 is 2.73 bits per heavy atom. The second-order valence-electron chi connectivity index (χ2n) is 5.63. The molecule has 1 spiro atoms. The van der Waals surface area contributed by atoms with Crippen LogP contribution in [0.25, 0.3) is 0 Å². The van der Waals surface area contributed by atoms with E-state index in [0.29, 0.717) is 24.3 Å². The van der Waals surface area contributed by atoms with Crippen LogP contribution in [0.15, 0.2) is 33.5 Å². The zero-order valence-corrected chi connectivity index (χ0v) is 12.1. The van der Waals surface area contributed by atoms with E-state index in [1.54, 1.807) is 0 Å². The van der Waals surface area contributed by atoms with Gasteiger partial charge in [0, 0.05) is 6.08 Å². The maximum atomic E-state index is 11.2. The van der Waals surface area contributed by atoms with Crippen molar-refractivity contribution in [1.82, 2.24) is 5.06 Å². The lowest BCUT2D eigenvalue weighted by Crippen LogP contribution is -2.42. The van der Waals surface area contributed by atoms with Crippen molar-refractivity contribution in [1.29, 1.82) is 0 Å². The average molecular weight is 306 g/mol. The molecule has 3 aliphatic rings. The fourth-order valence-electron chi connectivity index (χ4n) is 3.23. The molecule has 0 saturated heterocycles. The molecular formula is C14H18N4O4. The monoisotopic (exact) mass is 306 g/mol. The standard InChI is InChI=1S/C14H18N4O4/c19-9-8-15-12-11(18(21)22)5-4-10-13(12)16-14(17(10)20)6-2-1-3-7-14/h4-5,19-20H,1-3,6-9H2. The van der Waals surface area contributed by atoms with E-state index < -0.39 is 10.6 Å². The second-order valence-corrected chi connectivity index (χ2v) is 5.63. The van der Waals surface area contributed by atoms with Gasteiger partial charge in [-0.2, -0.15) is 0 Å². The fourth-order valence-corrected chi connectivity index (χ4v) is 3.23. The predicted molar refractivity (Wildman–Crippen MR) is 79.4 cm³/mol. The molecule has 22 heavy (non-hydrogen) atoms. The summed E-state index contributed by atoms with van der Waals surface area (Å²) in [6.07, 6.45) is 7.29. The number of aliphatic imine (C=N–C) groups is 2. The summed E-state index contributed by atoms with van der Waals surface area (Å²) in [6, 6.07) is 0. The normalized spacial score (nSPS) is 24.9. The molecular weight excluding hydrogens is 288 g/mol. The third-order valence-corrected chi connectivity index (χ3v) is 4.27. The van der Waals surface area contributed by atoms with Crippen LogP contribution in [0.5, 0.6) is 0 Å². The lowest BCUT2D eigenvalue weighted by atomic mass is 9.89. The van der Waals surface area contributed by atoms with E-state index >= 15 is 0 Å². The zero-order valence-electron chi connectivity index (χ0n) is 12.1. The van der Waals surface area contributed by atoms with Crippen LogP contribution < -0.4 is 0 Å². The molecule has 2 aliphatic carbocycles. The number of allylic oxidation sites excluding steroid dienone is 4. The second kappa shape index (κ2) is 5.62. The topological polar surface area (TPSA) is 112 Å². The largest absolute Gasteiger partial charge is 0.394 e. The summed E-state index contributed by atoms with van der Waals surface area (Å²) < 4.78 is 0. The lowest BCUT2D eigenvalue weighted by molar-refractivity contribution is -0.414. The molecule has 0 aromatic heterocycles. The van der Waals surface area contributed by atoms with Crippen LogP contribution in [0.1, 0.15) is 32.1 Å². The van der Waals surface area contributed by atoms with Gasteiger partial charge < -0.3 is 5.11 Å². The molecule has 1 aliphatic heterocycles. The molecule has 0 unspecified atom stereocenters. The first-order valence-corrected chi connectivity index (χ1v) is 7.41. The highest BCUT2D eigenvalue weighted by Crippen LogP contribution is 2.42. The summed E-state index contributed by atoms with van der Waals surface area (Å²) in [5, 5.41) is 31.8. The summed E-state index contributed by atoms with van der Waals surface area (Å²) in [6.45, 7) is -0.139. The zero-order chi connectivity index (χ0) is 15.7. The van der Waals surface area contributed by atoms with Gasteiger partial charge in [-0.05, 0) is 31.8 Å². The molecule has 3 rings (SSSR count). The highest BCUT2D eigenvalue weighted by Gasteiger charge is 2.48. The number of aliphatic hydroxyl groups excluding tert-OH is 1. The van der Waals surface area contributed by atoms with E-state index in [4.69, 9.17) is 5.11 Å². The number of hydrogen-bond donors (Lipinski definition) is 2. The third kappa shape index (κ3) is 2.24. The number of hydrogen-bond acceptors (Lipinski definition) is 7. The Morgan fingerprint density at radius 2 is 2.09 bits per heavy atom. The Labute approximate surface area is 127 Å². The molecule has 1 heterocycles. The van der Waals surface area contributed by atoms with Crippen molar-refractivity contribution in [3.63, 3.8) is 0 Å². The first kappa shape index (κ1) is 14.9. The van der Waals surface area contributed by atoms with Crippen molar-refractivity contribution in [3.8, 4) is 0 Å². The Kier molecular flexibility index (Phi) is 3.79. The van der Waals surface area contributed by atoms with Gasteiger partial charge in [0.15, 0.2) is 11.4 Å². The van der Waals surface area contributed by atoms with Crippen molar-refractivity contribution in [3.05, 3.63) is 33.7 Å². The number of hydroxylamine groups is 2. The van der Waals surface area contributed by atoms with Gasteiger partial charge in [0.05, 0.1) is 23.8 Å². The minimum Gasteiger partial charge on any atom is -0.394 e. The highest BCUT2D eigenvalue weighted by molar-refractivity contribution is 6.54. The Bertz CT molecular complexity index is 614. The molecule has 0 amide bonds. The molecule has 8 nitrogen and oxygen atoms in total. The van der Waals surface area contributed by atoms with Crippen LogP contribution in [-0.4, -0.2) is 50.5 Å². The fraction of sp³-hybridized carbons (Fsp3) is 0.571. The Morgan fingerprint density at radius 1 is 1.36 bits per heavy atom. The Hall–Kier alpha value is -2.06. The molecule has 0 aromatic rings. The molecule has 1 saturated carbocycles. The molecule has 2 N–H and O–H groups in total. The molecule has 8 heteroatoms. The van der Waals surface area contributed by atoms with Gasteiger partial charge in [-0.3, -0.25) is 25.3 Å². The molecule has 0 radical (unpaired) electrons. The van der Waals surface area contributed by atoms with E-state index in [1.807, 2.05) is 0 Å². The van der Waals surface area contributed by atoms with Crippen molar-refractivity contribution in [2.75, 3.05) is 13.2 Å². The lowest BCUT2D eigenvalue weighted by Gasteiger charge is -2.36. The predicted octanol–water partition coefficient (Wildman–Crippen LogP) is 1.28. The SMILES string of the molecule is O=[N+]([O-])C1=CC=C2C(=NC3(CCCCC3)N2O)C1=NCCO. The van der Waals surface area contributed by atoms with Crippen LogP contribution in [0, 0.1) is 10.1 Å². The smallest absolute Gasteiger partial charge is 0.296 e. The molecule has 0 aromatic carbocycles. The van der Waals surface area contributed by atoms with Crippen LogP contribution in [0.4, 0.5) is 0 Å². The number of nitro groups is 1. The first-order valence-electron chi connectivity index (χ1n) is 7.41. The average Bonchev–Trinajstić information content (AvgIpc) is 2.78. The number of fused-ring (bicyclic) bond motifs is 1. The highest BCUT2D eigenvalue weighted by atomic mass is 16.6. The quantitative estimate of drug-likeness (QED) is 0.463. The van der Waals surface area contributed by atoms with Gasteiger partial charge in [0.2, 0.25) is 0 Å². The maximum Gasteiger partial charge on any atom is 0.296 e. The van der Waals surface area contributed by atoms with E-state index in [2.05, 4.69) is 9.98 Å². The van der Waals surface area contributed by atoms with Gasteiger partial charge >= 0.3 is 0 Å². The third-order valence-electron chi connectivity index (χ3n) is 4.27. The molecule has 118 valence electrons. The minimum absolute atomic E-state index is 0.0608. The van der Waals surface area contributed by atoms with Gasteiger partial charge in [-0.15, -0.1) is 0 Å². The first-order chi connectivity index (χ1) is 10.6. The van der Waals surface area contributed by atoms with Gasteiger partial charge in [0.1, 0.15) is 5.71 Å². The van der Waals surface area contributed by atoms with E-state index in [9.17, 15) is 15.3 Å². The van der Waals surface area contributed by atoms with Crippen molar-refractivity contribution in [2.45, 2.75) is 37.8 Å². The summed E-state index contributed by atoms with van der Waals surface area (Å²) >= 11 is 0. The number of rotatable bonds is 3. The summed E-state index contributed by atoms with van der Waals surface area (Å²) in [5.41, 5.74) is 0.0609. The summed E-state index contributed by atoms with van der Waals surface area (Å²) in [5.74, 6) is 0. The van der Waals surface area contributed by atoms with E-state index in [0.717, 1.165) is 24.3 Å². The minimum atomic E-state index is -0.723. The molecule has 1 fully saturated rings. The number of nitrogens with zero attached hydrogens (tertiary/aromatic N) is 4. The maximum absolute atomic E-state index is 11.2. The van der Waals surface area contributed by atoms with Crippen LogP contribution in [-0.2, 0) is 0 Å². The van der Waals surface area contributed by atoms with Gasteiger partial charge in [-0.25, -0.2) is 5.06 Å². The van der Waals surface area contributed by atoms with Crippen molar-refractivity contribution in [2.24, 2.45) is 9.98 Å². The molecule has 0 bridgehead atoms. The molecule has 0 atom stereocenters. The van der Waals surface area contributed by atoms with Crippen LogP contribution in [0.3, 0.4) is 0 Å². The summed E-state index contributed by atoms with van der Waals surface area (Å²) in [4.78, 5) is 19.4. The van der Waals surface area contributed by atoms with E-state index in [-0.39, 0.29) is 24.6 Å². The van der Waals surface area contributed by atoms with Crippen LogP contribution in [0.2, 0.25) is 0 Å². The Balaban J connectivity index is 2.05. The van der Waals surface area contributed by atoms with Crippen molar-refractivity contribution >= 4 is 11.4 Å². The van der Waals surface area contributed by atoms with Gasteiger partial charge in [-0.1, -0.05) is 6.42 Å². The summed E-state index contributed by atoms with van der Waals surface area (Å²) in [7, 11) is 0. The van der Waals surface area contributed by atoms with Crippen molar-refractivity contribution < 1.29 is 15.2 Å². The van der Waals surface area contributed by atoms with Crippen LogP contribution >= 0.6 is 0 Å². The number of aliphatic hydroxyl groups is 1. The van der Waals surface area contributed by atoms with Gasteiger partial charge in [0.25, 0.3) is 5.70 Å². The van der Waals surface area contributed by atoms with E-state index in [1.165, 1.54) is 12.2 Å².